The number of carbonyl (C=O) groups excluding carboxylic acids is 3. The van der Waals surface area contributed by atoms with Crippen LogP contribution in [-0.2, 0) is 9.59 Å². The minimum atomic E-state index is -0.630. The maximum Gasteiger partial charge on any atom is 0.322 e. The number of urea groups is 1. The molecule has 0 saturated carbocycles. The van der Waals surface area contributed by atoms with Crippen LogP contribution in [0.1, 0.15) is 19.3 Å². The lowest BCUT2D eigenvalue weighted by molar-refractivity contribution is -0.137. The zero-order valence-electron chi connectivity index (χ0n) is 17.6. The van der Waals surface area contributed by atoms with Crippen LogP contribution in [0.2, 0.25) is 0 Å². The first-order valence-electron chi connectivity index (χ1n) is 10.7. The van der Waals surface area contributed by atoms with Crippen molar-refractivity contribution in [1.29, 1.82) is 5.26 Å². The number of piperidine rings is 1. The van der Waals surface area contributed by atoms with E-state index in [2.05, 4.69) is 11.4 Å². The van der Waals surface area contributed by atoms with E-state index in [-0.39, 0.29) is 36.2 Å². The number of ether oxygens (including phenoxy) is 1. The standard InChI is InChI=1S/C22H27N5O4/c1-31-18-4-2-17(3-5-18)27-14-19(24-22(27)30)21(29)26-11-8-16(13-26)20(28)25-9-6-15(12-23)7-10-25/h2-5,15-16,19H,6-11,13-14H2,1H3,(H,24,30). The van der Waals surface area contributed by atoms with Gasteiger partial charge in [-0.2, -0.15) is 5.26 Å². The van der Waals surface area contributed by atoms with Gasteiger partial charge >= 0.3 is 6.03 Å². The van der Waals surface area contributed by atoms with E-state index in [0.717, 1.165) is 0 Å². The first-order chi connectivity index (χ1) is 15.0. The molecule has 3 aliphatic rings. The molecule has 0 spiro atoms. The first-order valence-corrected chi connectivity index (χ1v) is 10.7. The molecule has 4 rings (SSSR count). The van der Waals surface area contributed by atoms with E-state index in [0.29, 0.717) is 56.9 Å². The largest absolute Gasteiger partial charge is 0.497 e. The van der Waals surface area contributed by atoms with E-state index in [1.165, 1.54) is 0 Å². The molecule has 164 valence electrons. The molecule has 2 atom stereocenters. The SMILES string of the molecule is COc1ccc(N2CC(C(=O)N3CCC(C(=O)N4CCC(C#N)CC4)C3)NC2=O)cc1. The van der Waals surface area contributed by atoms with E-state index in [1.807, 2.05) is 4.90 Å². The normalized spacial score (nSPS) is 24.1. The summed E-state index contributed by atoms with van der Waals surface area (Å²) in [4.78, 5) is 43.3. The summed E-state index contributed by atoms with van der Waals surface area (Å²) in [5.41, 5.74) is 0.698. The molecule has 1 aromatic carbocycles. The summed E-state index contributed by atoms with van der Waals surface area (Å²) in [7, 11) is 1.58. The molecule has 4 amide bonds. The van der Waals surface area contributed by atoms with Crippen molar-refractivity contribution in [2.24, 2.45) is 11.8 Å². The Morgan fingerprint density at radius 1 is 1.03 bits per heavy atom. The molecule has 1 N–H and O–H groups in total. The lowest BCUT2D eigenvalue weighted by Crippen LogP contribution is -2.46. The minimum absolute atomic E-state index is 0.0327. The maximum absolute atomic E-state index is 13.0. The highest BCUT2D eigenvalue weighted by Gasteiger charge is 2.41. The fourth-order valence-electron chi connectivity index (χ4n) is 4.53. The highest BCUT2D eigenvalue weighted by atomic mass is 16.5. The fourth-order valence-corrected chi connectivity index (χ4v) is 4.53. The summed E-state index contributed by atoms with van der Waals surface area (Å²) in [5, 5.41) is 11.8. The van der Waals surface area contributed by atoms with Gasteiger partial charge in [0, 0.05) is 37.8 Å². The zero-order valence-corrected chi connectivity index (χ0v) is 17.6. The molecule has 9 nitrogen and oxygen atoms in total. The summed E-state index contributed by atoms with van der Waals surface area (Å²) in [6.07, 6.45) is 2.06. The summed E-state index contributed by atoms with van der Waals surface area (Å²) in [5.74, 6) is 0.438. The quantitative estimate of drug-likeness (QED) is 0.780. The van der Waals surface area contributed by atoms with Crippen LogP contribution >= 0.6 is 0 Å². The smallest absolute Gasteiger partial charge is 0.322 e. The number of nitriles is 1. The van der Waals surface area contributed by atoms with Gasteiger partial charge in [-0.3, -0.25) is 14.5 Å². The Kier molecular flexibility index (Phi) is 5.98. The lowest BCUT2D eigenvalue weighted by atomic mass is 9.97. The third-order valence-electron chi connectivity index (χ3n) is 6.43. The first kappa shape index (κ1) is 21.0. The molecule has 0 bridgehead atoms. The average Bonchev–Trinajstić information content (AvgIpc) is 3.45. The van der Waals surface area contributed by atoms with E-state index in [9.17, 15) is 14.4 Å². The number of hydrogen-bond acceptors (Lipinski definition) is 5. The summed E-state index contributed by atoms with van der Waals surface area (Å²) < 4.78 is 5.14. The third-order valence-corrected chi connectivity index (χ3v) is 6.43. The Morgan fingerprint density at radius 3 is 2.35 bits per heavy atom. The predicted octanol–water partition coefficient (Wildman–Crippen LogP) is 1.20. The van der Waals surface area contributed by atoms with E-state index in [4.69, 9.17) is 10.00 Å². The van der Waals surface area contributed by atoms with Crippen LogP contribution in [0.5, 0.6) is 5.75 Å². The van der Waals surface area contributed by atoms with E-state index in [1.54, 1.807) is 41.2 Å². The number of nitrogens with zero attached hydrogens (tertiary/aromatic N) is 4. The predicted molar refractivity (Wildman–Crippen MR) is 112 cm³/mol. The number of hydrogen-bond donors (Lipinski definition) is 1. The van der Waals surface area contributed by atoms with Crippen LogP contribution in [0, 0.1) is 23.2 Å². The molecular weight excluding hydrogens is 398 g/mol. The van der Waals surface area contributed by atoms with Gasteiger partial charge in [-0.15, -0.1) is 0 Å². The number of amides is 4. The molecule has 1 aromatic rings. The average molecular weight is 425 g/mol. The van der Waals surface area contributed by atoms with Gasteiger partial charge in [-0.25, -0.2) is 4.79 Å². The van der Waals surface area contributed by atoms with Gasteiger partial charge in [0.1, 0.15) is 11.8 Å². The van der Waals surface area contributed by atoms with Gasteiger partial charge < -0.3 is 19.9 Å². The van der Waals surface area contributed by atoms with Gasteiger partial charge in [-0.05, 0) is 43.5 Å². The highest BCUT2D eigenvalue weighted by molar-refractivity contribution is 6.00. The molecule has 0 radical (unpaired) electrons. The second kappa shape index (κ2) is 8.84. The van der Waals surface area contributed by atoms with Crippen molar-refractivity contribution in [1.82, 2.24) is 15.1 Å². The molecule has 3 fully saturated rings. The number of methoxy groups -OCH3 is 1. The second-order valence-corrected chi connectivity index (χ2v) is 8.31. The van der Waals surface area contributed by atoms with Crippen LogP contribution in [0.15, 0.2) is 24.3 Å². The van der Waals surface area contributed by atoms with Gasteiger partial charge in [-0.1, -0.05) is 0 Å². The van der Waals surface area contributed by atoms with Crippen LogP contribution in [0.4, 0.5) is 10.5 Å². The molecular formula is C22H27N5O4. The van der Waals surface area contributed by atoms with E-state index >= 15 is 0 Å². The maximum atomic E-state index is 13.0. The van der Waals surface area contributed by atoms with Gasteiger partial charge in [0.25, 0.3) is 0 Å². The molecule has 3 aliphatic heterocycles. The summed E-state index contributed by atoms with van der Waals surface area (Å²) in [6.45, 7) is 2.36. The highest BCUT2D eigenvalue weighted by Crippen LogP contribution is 2.26. The van der Waals surface area contributed by atoms with Crippen molar-refractivity contribution in [2.75, 3.05) is 44.7 Å². The molecule has 0 aliphatic carbocycles. The van der Waals surface area contributed by atoms with Crippen molar-refractivity contribution >= 4 is 23.5 Å². The van der Waals surface area contributed by atoms with Gasteiger partial charge in [0.2, 0.25) is 11.8 Å². The number of likely N-dealkylation sites (tertiary alicyclic amines) is 2. The Balaban J connectivity index is 1.32. The van der Waals surface area contributed by atoms with E-state index < -0.39 is 6.04 Å². The van der Waals surface area contributed by atoms with Crippen LogP contribution in [-0.4, -0.2) is 73.5 Å². The van der Waals surface area contributed by atoms with Crippen molar-refractivity contribution in [3.63, 3.8) is 0 Å². The van der Waals surface area contributed by atoms with Crippen molar-refractivity contribution in [3.05, 3.63) is 24.3 Å². The molecule has 3 heterocycles. The van der Waals surface area contributed by atoms with Crippen LogP contribution < -0.4 is 15.0 Å². The zero-order chi connectivity index (χ0) is 22.0. The Morgan fingerprint density at radius 2 is 1.71 bits per heavy atom. The fraction of sp³-hybridized carbons (Fsp3) is 0.545. The Bertz CT molecular complexity index is 888. The Hall–Kier alpha value is -3.28. The van der Waals surface area contributed by atoms with Gasteiger partial charge in [0.05, 0.1) is 25.6 Å². The summed E-state index contributed by atoms with van der Waals surface area (Å²) >= 11 is 0. The van der Waals surface area contributed by atoms with Crippen molar-refractivity contribution < 1.29 is 19.1 Å². The lowest BCUT2D eigenvalue weighted by Gasteiger charge is -2.31. The van der Waals surface area contributed by atoms with Crippen LogP contribution in [0.25, 0.3) is 0 Å². The summed E-state index contributed by atoms with van der Waals surface area (Å²) in [6, 6.07) is 8.45. The number of rotatable bonds is 4. The molecule has 2 unspecified atom stereocenters. The number of carbonyl (C=O) groups is 3. The monoisotopic (exact) mass is 425 g/mol. The molecule has 3 saturated heterocycles. The Labute approximate surface area is 181 Å². The topological polar surface area (TPSA) is 106 Å². The molecule has 31 heavy (non-hydrogen) atoms. The van der Waals surface area contributed by atoms with Crippen molar-refractivity contribution in [3.8, 4) is 11.8 Å². The van der Waals surface area contributed by atoms with Crippen molar-refractivity contribution in [2.45, 2.75) is 25.3 Å². The van der Waals surface area contributed by atoms with Gasteiger partial charge in [0.15, 0.2) is 0 Å². The third kappa shape index (κ3) is 4.29. The minimum Gasteiger partial charge on any atom is -0.497 e. The molecule has 0 aromatic heterocycles. The number of nitrogens with one attached hydrogen (secondary N) is 1. The number of benzene rings is 1. The van der Waals surface area contributed by atoms with Crippen LogP contribution in [0.3, 0.4) is 0 Å². The second-order valence-electron chi connectivity index (χ2n) is 8.31. The molecule has 9 heteroatoms. The number of anilines is 1.